The molecule has 1 N–H and O–H groups in total. The van der Waals surface area contributed by atoms with Gasteiger partial charge in [-0.15, -0.1) is 0 Å². The second-order valence-corrected chi connectivity index (χ2v) is 7.62. The minimum atomic E-state index is -0.927. The van der Waals surface area contributed by atoms with Gasteiger partial charge < -0.3 is 15.0 Å². The molecule has 4 rings (SSSR count). The van der Waals surface area contributed by atoms with Crippen molar-refractivity contribution in [3.05, 3.63) is 84.1 Å². The Morgan fingerprint density at radius 2 is 1.91 bits per heavy atom. The number of piperidine rings is 1. The third-order valence-electron chi connectivity index (χ3n) is 5.63. The summed E-state index contributed by atoms with van der Waals surface area (Å²) < 4.78 is 19.4. The number of para-hydroxylation sites is 1. The molecular weight excluding hydrogens is 411 g/mol. The molecule has 0 radical (unpaired) electrons. The van der Waals surface area contributed by atoms with Crippen LogP contribution in [-0.2, 0) is 10.2 Å². The third kappa shape index (κ3) is 4.16. The summed E-state index contributed by atoms with van der Waals surface area (Å²) in [6.45, 7) is 0.713. The molecule has 0 bridgehead atoms. The number of benzene rings is 1. The molecule has 0 saturated carbocycles. The van der Waals surface area contributed by atoms with E-state index in [1.807, 2.05) is 12.1 Å². The lowest BCUT2D eigenvalue weighted by molar-refractivity contribution is -0.128. The molecule has 0 aliphatic carbocycles. The van der Waals surface area contributed by atoms with Gasteiger partial charge in [0.25, 0.3) is 5.91 Å². The van der Waals surface area contributed by atoms with Crippen LogP contribution in [0.1, 0.15) is 28.9 Å². The number of rotatable bonds is 5. The Labute approximate surface area is 185 Å². The fraction of sp³-hybridized carbons (Fsp3) is 0.250. The van der Waals surface area contributed by atoms with E-state index in [9.17, 15) is 14.0 Å². The summed E-state index contributed by atoms with van der Waals surface area (Å²) in [7, 11) is 1.59. The molecule has 32 heavy (non-hydrogen) atoms. The highest BCUT2D eigenvalue weighted by atomic mass is 19.1. The van der Waals surface area contributed by atoms with Gasteiger partial charge in [-0.3, -0.25) is 14.6 Å². The summed E-state index contributed by atoms with van der Waals surface area (Å²) in [5.41, 5.74) is 0.0546. The lowest BCUT2D eigenvalue weighted by Gasteiger charge is -2.41. The van der Waals surface area contributed by atoms with Gasteiger partial charge in [-0.1, -0.05) is 18.2 Å². The third-order valence-corrected chi connectivity index (χ3v) is 5.63. The number of nitrogens with one attached hydrogen (secondary N) is 1. The predicted octanol–water partition coefficient (Wildman–Crippen LogP) is 3.33. The zero-order valence-corrected chi connectivity index (χ0v) is 17.6. The number of likely N-dealkylation sites (N-methyl/N-ethyl adjacent to an activating group) is 1. The van der Waals surface area contributed by atoms with Crippen LogP contribution in [0.5, 0.6) is 11.6 Å². The second-order valence-electron chi connectivity index (χ2n) is 7.62. The Hall–Kier alpha value is -3.81. The van der Waals surface area contributed by atoms with E-state index in [0.717, 1.165) is 0 Å². The first kappa shape index (κ1) is 21.4. The van der Waals surface area contributed by atoms with E-state index in [1.54, 1.807) is 42.4 Å². The Bertz CT molecular complexity index is 1120. The monoisotopic (exact) mass is 434 g/mol. The highest BCUT2D eigenvalue weighted by Gasteiger charge is 2.45. The van der Waals surface area contributed by atoms with Crippen molar-refractivity contribution in [1.82, 2.24) is 20.2 Å². The molecule has 1 aromatic carbocycles. The number of hydrogen-bond donors (Lipinski definition) is 1. The van der Waals surface area contributed by atoms with Crippen molar-refractivity contribution in [1.29, 1.82) is 0 Å². The lowest BCUT2D eigenvalue weighted by Crippen LogP contribution is -2.56. The van der Waals surface area contributed by atoms with Crippen molar-refractivity contribution < 1.29 is 18.7 Å². The Morgan fingerprint density at radius 1 is 1.09 bits per heavy atom. The number of halogens is 1. The maximum atomic E-state index is 13.9. The molecule has 1 unspecified atom stereocenters. The van der Waals surface area contributed by atoms with E-state index >= 15 is 0 Å². The standard InChI is InChI=1S/C24H23FN4O3/c1-26-23(31)24(20-9-4-5-12-27-20)11-6-14-29(16-24)22(30)17-10-13-28-21(15-17)32-19-8-3-2-7-18(19)25/h2-5,7-10,12-13,15H,6,11,14,16H2,1H3,(H,26,31). The molecule has 3 aromatic rings. The average Bonchev–Trinajstić information content (AvgIpc) is 2.85. The molecule has 8 heteroatoms. The molecule has 7 nitrogen and oxygen atoms in total. The zero-order chi connectivity index (χ0) is 22.6. The number of ether oxygens (including phenoxy) is 1. The van der Waals surface area contributed by atoms with Gasteiger partial charge in [0.15, 0.2) is 11.6 Å². The predicted molar refractivity (Wildman–Crippen MR) is 116 cm³/mol. The quantitative estimate of drug-likeness (QED) is 0.666. The van der Waals surface area contributed by atoms with Crippen LogP contribution in [0, 0.1) is 5.82 Å². The van der Waals surface area contributed by atoms with Crippen LogP contribution in [0.3, 0.4) is 0 Å². The smallest absolute Gasteiger partial charge is 0.254 e. The van der Waals surface area contributed by atoms with Crippen LogP contribution in [-0.4, -0.2) is 46.8 Å². The molecule has 2 aromatic heterocycles. The maximum absolute atomic E-state index is 13.9. The van der Waals surface area contributed by atoms with Crippen molar-refractivity contribution in [2.45, 2.75) is 18.3 Å². The Morgan fingerprint density at radius 3 is 2.66 bits per heavy atom. The van der Waals surface area contributed by atoms with Gasteiger partial charge in [0.2, 0.25) is 11.8 Å². The number of nitrogens with zero attached hydrogens (tertiary/aromatic N) is 3. The van der Waals surface area contributed by atoms with Crippen molar-refractivity contribution in [3.8, 4) is 11.6 Å². The number of carbonyl (C=O) groups is 2. The zero-order valence-electron chi connectivity index (χ0n) is 17.6. The molecule has 1 fully saturated rings. The number of amides is 2. The lowest BCUT2D eigenvalue weighted by atomic mass is 9.75. The van der Waals surface area contributed by atoms with Crippen LogP contribution < -0.4 is 10.1 Å². The largest absolute Gasteiger partial charge is 0.436 e. The van der Waals surface area contributed by atoms with E-state index in [2.05, 4.69) is 15.3 Å². The molecule has 2 amide bonds. The number of pyridine rings is 2. The van der Waals surface area contributed by atoms with Gasteiger partial charge in [0.05, 0.1) is 5.69 Å². The number of aromatic nitrogens is 2. The fourth-order valence-corrected chi connectivity index (χ4v) is 4.05. The van der Waals surface area contributed by atoms with Crippen LogP contribution in [0.25, 0.3) is 0 Å². The van der Waals surface area contributed by atoms with E-state index < -0.39 is 11.2 Å². The number of carbonyl (C=O) groups excluding carboxylic acids is 2. The molecule has 1 saturated heterocycles. The van der Waals surface area contributed by atoms with E-state index in [-0.39, 0.29) is 30.0 Å². The summed E-state index contributed by atoms with van der Waals surface area (Å²) in [4.78, 5) is 36.4. The average molecular weight is 434 g/mol. The van der Waals surface area contributed by atoms with Gasteiger partial charge in [-0.25, -0.2) is 9.37 Å². The maximum Gasteiger partial charge on any atom is 0.254 e. The first-order valence-corrected chi connectivity index (χ1v) is 10.3. The summed E-state index contributed by atoms with van der Waals surface area (Å²) in [6, 6.07) is 14.5. The highest BCUT2D eigenvalue weighted by molar-refractivity contribution is 5.96. The SMILES string of the molecule is CNC(=O)C1(c2ccccn2)CCCN(C(=O)c2ccnc(Oc3ccccc3F)c2)C1. The fourth-order valence-electron chi connectivity index (χ4n) is 4.05. The van der Waals surface area contributed by atoms with Crippen molar-refractivity contribution in [2.24, 2.45) is 0 Å². The minimum absolute atomic E-state index is 0.0244. The van der Waals surface area contributed by atoms with Gasteiger partial charge in [0.1, 0.15) is 5.41 Å². The number of likely N-dealkylation sites (tertiary alicyclic amines) is 1. The molecule has 0 spiro atoms. The van der Waals surface area contributed by atoms with E-state index in [4.69, 9.17) is 4.74 Å². The summed E-state index contributed by atoms with van der Waals surface area (Å²) in [5.74, 6) is -0.814. The first-order valence-electron chi connectivity index (χ1n) is 10.3. The first-order chi connectivity index (χ1) is 15.5. The number of hydrogen-bond acceptors (Lipinski definition) is 5. The topological polar surface area (TPSA) is 84.4 Å². The molecule has 1 atom stereocenters. The van der Waals surface area contributed by atoms with Gasteiger partial charge >= 0.3 is 0 Å². The molecular formula is C24H23FN4O3. The van der Waals surface area contributed by atoms with Crippen molar-refractivity contribution in [3.63, 3.8) is 0 Å². The van der Waals surface area contributed by atoms with E-state index in [1.165, 1.54) is 24.4 Å². The van der Waals surface area contributed by atoms with Crippen molar-refractivity contribution in [2.75, 3.05) is 20.1 Å². The molecule has 1 aliphatic heterocycles. The Balaban J connectivity index is 1.59. The normalized spacial score (nSPS) is 18.1. The summed E-state index contributed by atoms with van der Waals surface area (Å²) in [5, 5.41) is 2.73. The van der Waals surface area contributed by atoms with Crippen molar-refractivity contribution >= 4 is 11.8 Å². The summed E-state index contributed by atoms with van der Waals surface area (Å²) >= 11 is 0. The van der Waals surface area contributed by atoms with E-state index in [0.29, 0.717) is 30.6 Å². The minimum Gasteiger partial charge on any atom is -0.436 e. The molecule has 164 valence electrons. The second kappa shape index (κ2) is 9.13. The van der Waals surface area contributed by atoms with Crippen LogP contribution in [0.4, 0.5) is 4.39 Å². The highest BCUT2D eigenvalue weighted by Crippen LogP contribution is 2.34. The molecule has 1 aliphatic rings. The molecule has 3 heterocycles. The van der Waals surface area contributed by atoms with Crippen LogP contribution in [0.2, 0.25) is 0 Å². The summed E-state index contributed by atoms with van der Waals surface area (Å²) in [6.07, 6.45) is 4.33. The van der Waals surface area contributed by atoms with Gasteiger partial charge in [-0.2, -0.15) is 0 Å². The van der Waals surface area contributed by atoms with Gasteiger partial charge in [0, 0.05) is 44.2 Å². The Kier molecular flexibility index (Phi) is 6.11. The van der Waals surface area contributed by atoms with Crippen LogP contribution >= 0.6 is 0 Å². The van der Waals surface area contributed by atoms with Crippen LogP contribution in [0.15, 0.2) is 67.0 Å². The van der Waals surface area contributed by atoms with Gasteiger partial charge in [-0.05, 0) is 43.2 Å².